The molecule has 0 aliphatic carbocycles. The minimum Gasteiger partial charge on any atom is -0.508 e. The van der Waals surface area contributed by atoms with E-state index in [4.69, 9.17) is 9.47 Å². The Kier molecular flexibility index (Phi) is 6.72. The van der Waals surface area contributed by atoms with Gasteiger partial charge in [0.1, 0.15) is 36.6 Å². The molecule has 2 rings (SSSR count). The predicted octanol–water partition coefficient (Wildman–Crippen LogP) is 2.19. The second kappa shape index (κ2) is 9.02. The molecule has 0 aliphatic heterocycles. The molecule has 2 aromatic rings. The van der Waals surface area contributed by atoms with Gasteiger partial charge in [-0.3, -0.25) is 0 Å². The third-order valence-electron chi connectivity index (χ3n) is 3.21. The number of rotatable bonds is 9. The van der Waals surface area contributed by atoms with Crippen molar-refractivity contribution in [3.8, 4) is 17.2 Å². The van der Waals surface area contributed by atoms with Gasteiger partial charge in [0.2, 0.25) is 0 Å². The highest BCUT2D eigenvalue weighted by Crippen LogP contribution is 2.17. The number of nitrogens with one attached hydrogen (secondary N) is 1. The molecule has 2 aromatic carbocycles. The molecule has 0 saturated carbocycles. The van der Waals surface area contributed by atoms with Gasteiger partial charge in [0.25, 0.3) is 0 Å². The van der Waals surface area contributed by atoms with Crippen molar-refractivity contribution in [3.05, 3.63) is 54.6 Å². The summed E-state index contributed by atoms with van der Waals surface area (Å²) in [5, 5.41) is 22.5. The van der Waals surface area contributed by atoms with Crippen LogP contribution in [-0.2, 0) is 0 Å². The molecule has 2 unspecified atom stereocenters. The Labute approximate surface area is 136 Å². The topological polar surface area (TPSA) is 71.0 Å². The van der Waals surface area contributed by atoms with E-state index in [9.17, 15) is 10.2 Å². The van der Waals surface area contributed by atoms with E-state index in [1.54, 1.807) is 18.2 Å². The Morgan fingerprint density at radius 3 is 2.39 bits per heavy atom. The van der Waals surface area contributed by atoms with E-state index in [1.165, 1.54) is 6.07 Å². The first-order chi connectivity index (χ1) is 11.1. The number of aromatic hydroxyl groups is 1. The average Bonchev–Trinajstić information content (AvgIpc) is 2.57. The fourth-order valence-electron chi connectivity index (χ4n) is 1.96. The lowest BCUT2D eigenvalue weighted by atomic mass is 10.3. The van der Waals surface area contributed by atoms with Crippen LogP contribution in [0.1, 0.15) is 6.92 Å². The van der Waals surface area contributed by atoms with Crippen LogP contribution in [0.5, 0.6) is 17.2 Å². The van der Waals surface area contributed by atoms with Crippen molar-refractivity contribution in [2.45, 2.75) is 19.1 Å². The summed E-state index contributed by atoms with van der Waals surface area (Å²) >= 11 is 0. The standard InChI is InChI=1S/C18H23NO4/c1-14(12-22-17-7-3-2-4-8-17)19-11-16(21)13-23-18-9-5-6-15(20)10-18/h2-10,14,16,19-21H,11-13H2,1H3. The number of aliphatic hydroxyl groups is 1. The minimum absolute atomic E-state index is 0.102. The highest BCUT2D eigenvalue weighted by atomic mass is 16.5. The van der Waals surface area contributed by atoms with Crippen molar-refractivity contribution >= 4 is 0 Å². The van der Waals surface area contributed by atoms with E-state index in [0.29, 0.717) is 18.9 Å². The third-order valence-corrected chi connectivity index (χ3v) is 3.21. The van der Waals surface area contributed by atoms with Gasteiger partial charge in [0.05, 0.1) is 0 Å². The summed E-state index contributed by atoms with van der Waals surface area (Å²) in [4.78, 5) is 0. The summed E-state index contributed by atoms with van der Waals surface area (Å²) in [5.41, 5.74) is 0. The van der Waals surface area contributed by atoms with E-state index >= 15 is 0 Å². The molecule has 5 heteroatoms. The molecule has 0 bridgehead atoms. The molecule has 124 valence electrons. The molecule has 0 aromatic heterocycles. The van der Waals surface area contributed by atoms with Crippen LogP contribution in [0.3, 0.4) is 0 Å². The molecule has 0 spiro atoms. The van der Waals surface area contributed by atoms with E-state index in [-0.39, 0.29) is 18.4 Å². The maximum Gasteiger partial charge on any atom is 0.123 e. The number of aliphatic hydroxyl groups excluding tert-OH is 1. The molecular formula is C18H23NO4. The average molecular weight is 317 g/mol. The third kappa shape index (κ3) is 6.59. The number of ether oxygens (including phenoxy) is 2. The Balaban J connectivity index is 1.62. The lowest BCUT2D eigenvalue weighted by molar-refractivity contribution is 0.101. The lowest BCUT2D eigenvalue weighted by Crippen LogP contribution is -2.39. The maximum atomic E-state index is 9.92. The summed E-state index contributed by atoms with van der Waals surface area (Å²) < 4.78 is 11.1. The quantitative estimate of drug-likeness (QED) is 0.661. The van der Waals surface area contributed by atoms with Crippen molar-refractivity contribution in [3.63, 3.8) is 0 Å². The second-order valence-electron chi connectivity index (χ2n) is 5.40. The Bertz CT molecular complexity index is 576. The van der Waals surface area contributed by atoms with Gasteiger partial charge in [-0.05, 0) is 31.2 Å². The monoisotopic (exact) mass is 317 g/mol. The minimum atomic E-state index is -0.642. The zero-order valence-electron chi connectivity index (χ0n) is 13.2. The summed E-state index contributed by atoms with van der Waals surface area (Å²) in [7, 11) is 0. The van der Waals surface area contributed by atoms with E-state index < -0.39 is 6.10 Å². The van der Waals surface area contributed by atoms with Crippen LogP contribution in [-0.4, -0.2) is 42.1 Å². The van der Waals surface area contributed by atoms with E-state index in [1.807, 2.05) is 37.3 Å². The smallest absolute Gasteiger partial charge is 0.123 e. The summed E-state index contributed by atoms with van der Waals surface area (Å²) in [6, 6.07) is 16.2. The van der Waals surface area contributed by atoms with Gasteiger partial charge in [0, 0.05) is 18.7 Å². The van der Waals surface area contributed by atoms with Crippen LogP contribution >= 0.6 is 0 Å². The highest BCUT2D eigenvalue weighted by Gasteiger charge is 2.09. The fourth-order valence-corrected chi connectivity index (χ4v) is 1.96. The first-order valence-corrected chi connectivity index (χ1v) is 7.64. The van der Waals surface area contributed by atoms with E-state index in [2.05, 4.69) is 5.32 Å². The van der Waals surface area contributed by atoms with Gasteiger partial charge >= 0.3 is 0 Å². The molecule has 2 atom stereocenters. The van der Waals surface area contributed by atoms with Crippen LogP contribution in [0.15, 0.2) is 54.6 Å². The predicted molar refractivity (Wildman–Crippen MR) is 89.0 cm³/mol. The van der Waals surface area contributed by atoms with Crippen molar-refractivity contribution < 1.29 is 19.7 Å². The van der Waals surface area contributed by atoms with Crippen LogP contribution < -0.4 is 14.8 Å². The Morgan fingerprint density at radius 2 is 1.65 bits per heavy atom. The SMILES string of the molecule is CC(COc1ccccc1)NCC(O)COc1cccc(O)c1. The molecule has 0 amide bonds. The fraction of sp³-hybridized carbons (Fsp3) is 0.333. The second-order valence-corrected chi connectivity index (χ2v) is 5.40. The first-order valence-electron chi connectivity index (χ1n) is 7.64. The van der Waals surface area contributed by atoms with Crippen molar-refractivity contribution in [1.82, 2.24) is 5.32 Å². The van der Waals surface area contributed by atoms with Gasteiger partial charge < -0.3 is 25.0 Å². The van der Waals surface area contributed by atoms with E-state index in [0.717, 1.165) is 5.75 Å². The number of para-hydroxylation sites is 1. The highest BCUT2D eigenvalue weighted by molar-refractivity contribution is 5.31. The number of hydrogen-bond donors (Lipinski definition) is 3. The molecule has 23 heavy (non-hydrogen) atoms. The maximum absolute atomic E-state index is 9.92. The number of benzene rings is 2. The lowest BCUT2D eigenvalue weighted by Gasteiger charge is -2.18. The van der Waals surface area contributed by atoms with Gasteiger partial charge in [-0.15, -0.1) is 0 Å². The molecule has 0 saturated heterocycles. The van der Waals surface area contributed by atoms with Crippen LogP contribution in [0.2, 0.25) is 0 Å². The molecule has 3 N–H and O–H groups in total. The normalized spacial score (nSPS) is 13.3. The number of phenolic OH excluding ortho intramolecular Hbond substituents is 1. The van der Waals surface area contributed by atoms with Gasteiger partial charge in [0.15, 0.2) is 0 Å². The molecule has 5 nitrogen and oxygen atoms in total. The largest absolute Gasteiger partial charge is 0.508 e. The summed E-state index contributed by atoms with van der Waals surface area (Å²) in [5.74, 6) is 1.50. The first kappa shape index (κ1) is 17.1. The molecule has 0 fully saturated rings. The van der Waals surface area contributed by atoms with Crippen molar-refractivity contribution in [1.29, 1.82) is 0 Å². The molecule has 0 heterocycles. The van der Waals surface area contributed by atoms with Crippen LogP contribution in [0.25, 0.3) is 0 Å². The number of hydrogen-bond acceptors (Lipinski definition) is 5. The summed E-state index contributed by atoms with van der Waals surface area (Å²) in [6.07, 6.45) is -0.642. The number of phenols is 1. The zero-order chi connectivity index (χ0) is 16.5. The molecule has 0 aliphatic rings. The van der Waals surface area contributed by atoms with Gasteiger partial charge in [-0.1, -0.05) is 24.3 Å². The molecule has 0 radical (unpaired) electrons. The van der Waals surface area contributed by atoms with Crippen molar-refractivity contribution in [2.24, 2.45) is 0 Å². The van der Waals surface area contributed by atoms with Gasteiger partial charge in [-0.2, -0.15) is 0 Å². The molecular weight excluding hydrogens is 294 g/mol. The van der Waals surface area contributed by atoms with Crippen LogP contribution in [0.4, 0.5) is 0 Å². The Hall–Kier alpha value is -2.24. The van der Waals surface area contributed by atoms with Crippen LogP contribution in [0, 0.1) is 0 Å². The van der Waals surface area contributed by atoms with Crippen molar-refractivity contribution in [2.75, 3.05) is 19.8 Å². The Morgan fingerprint density at radius 1 is 0.957 bits per heavy atom. The zero-order valence-corrected chi connectivity index (χ0v) is 13.2. The van der Waals surface area contributed by atoms with Gasteiger partial charge in [-0.25, -0.2) is 0 Å². The summed E-state index contributed by atoms with van der Waals surface area (Å²) in [6.45, 7) is 3.07.